The van der Waals surface area contributed by atoms with E-state index in [1.807, 2.05) is 30.3 Å². The van der Waals surface area contributed by atoms with Gasteiger partial charge in [0.25, 0.3) is 5.91 Å². The van der Waals surface area contributed by atoms with E-state index >= 15 is 0 Å². The minimum atomic E-state index is -0.0508. The summed E-state index contributed by atoms with van der Waals surface area (Å²) in [5.74, 6) is -0.0508. The number of H-pyrrole nitrogens is 1. The number of amides is 1. The normalized spacial score (nSPS) is 22.8. The first-order valence-corrected chi connectivity index (χ1v) is 6.69. The van der Waals surface area contributed by atoms with E-state index in [2.05, 4.69) is 10.3 Å². The van der Waals surface area contributed by atoms with Crippen molar-refractivity contribution in [2.45, 2.75) is 31.4 Å². The van der Waals surface area contributed by atoms with Crippen LogP contribution in [0.5, 0.6) is 0 Å². The van der Waals surface area contributed by atoms with Crippen molar-refractivity contribution in [1.82, 2.24) is 10.3 Å². The zero-order chi connectivity index (χ0) is 13.2. The minimum absolute atomic E-state index is 0.0508. The number of hydrogen-bond acceptors (Lipinski definition) is 2. The van der Waals surface area contributed by atoms with Crippen LogP contribution in [-0.2, 0) is 4.74 Å². The number of carbonyl (C=O) groups excluding carboxylic acids is 1. The van der Waals surface area contributed by atoms with E-state index in [0.29, 0.717) is 5.69 Å². The second kappa shape index (κ2) is 5.05. The van der Waals surface area contributed by atoms with E-state index in [0.717, 1.165) is 30.2 Å². The summed E-state index contributed by atoms with van der Waals surface area (Å²) in [6.07, 6.45) is 3.27. The summed E-state index contributed by atoms with van der Waals surface area (Å²) in [6.45, 7) is 0. The molecule has 3 rings (SSSR count). The van der Waals surface area contributed by atoms with Gasteiger partial charge in [0.1, 0.15) is 5.69 Å². The number of carbonyl (C=O) groups is 1. The van der Waals surface area contributed by atoms with Crippen molar-refractivity contribution >= 4 is 16.8 Å². The third-order valence-electron chi connectivity index (χ3n) is 3.85. The number of para-hydroxylation sites is 1. The number of aromatic nitrogens is 1. The molecule has 100 valence electrons. The Labute approximate surface area is 112 Å². The van der Waals surface area contributed by atoms with Gasteiger partial charge in [0, 0.05) is 18.0 Å². The van der Waals surface area contributed by atoms with E-state index in [1.54, 1.807) is 7.11 Å². The summed E-state index contributed by atoms with van der Waals surface area (Å²) in [7, 11) is 1.71. The number of methoxy groups -OCH3 is 1. The molecule has 0 saturated heterocycles. The van der Waals surface area contributed by atoms with Crippen molar-refractivity contribution in [3.8, 4) is 0 Å². The van der Waals surface area contributed by atoms with Gasteiger partial charge in [0.15, 0.2) is 0 Å². The van der Waals surface area contributed by atoms with Crippen molar-refractivity contribution in [3.63, 3.8) is 0 Å². The number of fused-ring (bicyclic) bond motifs is 1. The standard InChI is InChI=1S/C15H18N2O2/c1-19-14-8-4-7-12(14)17-15(18)13-9-10-5-2-3-6-11(10)16-13/h2-3,5-6,9,12,14,16H,4,7-8H2,1H3,(H,17,18). The van der Waals surface area contributed by atoms with E-state index in [9.17, 15) is 4.79 Å². The average Bonchev–Trinajstić information content (AvgIpc) is 3.03. The van der Waals surface area contributed by atoms with Gasteiger partial charge < -0.3 is 15.0 Å². The Hall–Kier alpha value is -1.81. The first-order chi connectivity index (χ1) is 9.28. The van der Waals surface area contributed by atoms with Crippen LogP contribution >= 0.6 is 0 Å². The quantitative estimate of drug-likeness (QED) is 0.888. The largest absolute Gasteiger partial charge is 0.379 e. The average molecular weight is 258 g/mol. The van der Waals surface area contributed by atoms with Gasteiger partial charge in [-0.2, -0.15) is 0 Å². The molecule has 0 bridgehead atoms. The Morgan fingerprint density at radius 3 is 3.00 bits per heavy atom. The van der Waals surface area contributed by atoms with Gasteiger partial charge in [0.05, 0.1) is 12.1 Å². The van der Waals surface area contributed by atoms with Crippen molar-refractivity contribution in [2.24, 2.45) is 0 Å². The Kier molecular flexibility index (Phi) is 3.25. The fourth-order valence-electron chi connectivity index (χ4n) is 2.82. The van der Waals surface area contributed by atoms with Crippen LogP contribution in [0.3, 0.4) is 0 Å². The van der Waals surface area contributed by atoms with Crippen LogP contribution in [0, 0.1) is 0 Å². The Balaban J connectivity index is 1.76. The van der Waals surface area contributed by atoms with Crippen LogP contribution in [0.15, 0.2) is 30.3 Å². The summed E-state index contributed by atoms with van der Waals surface area (Å²) in [6, 6.07) is 9.91. The zero-order valence-electron chi connectivity index (χ0n) is 11.0. The number of hydrogen-bond donors (Lipinski definition) is 2. The molecule has 0 aliphatic heterocycles. The summed E-state index contributed by atoms with van der Waals surface area (Å²) < 4.78 is 5.39. The lowest BCUT2D eigenvalue weighted by Gasteiger charge is -2.19. The predicted octanol–water partition coefficient (Wildman–Crippen LogP) is 2.47. The van der Waals surface area contributed by atoms with Gasteiger partial charge in [-0.3, -0.25) is 4.79 Å². The summed E-state index contributed by atoms with van der Waals surface area (Å²) in [4.78, 5) is 15.4. The summed E-state index contributed by atoms with van der Waals surface area (Å²) in [5.41, 5.74) is 1.60. The van der Waals surface area contributed by atoms with Crippen LogP contribution in [0.2, 0.25) is 0 Å². The molecule has 0 radical (unpaired) electrons. The van der Waals surface area contributed by atoms with Crippen LogP contribution in [0.4, 0.5) is 0 Å². The molecule has 1 aliphatic carbocycles. The van der Waals surface area contributed by atoms with Gasteiger partial charge in [0.2, 0.25) is 0 Å². The second-order valence-electron chi connectivity index (χ2n) is 5.06. The molecule has 4 heteroatoms. The molecule has 2 aromatic rings. The summed E-state index contributed by atoms with van der Waals surface area (Å²) in [5, 5.41) is 4.12. The molecule has 19 heavy (non-hydrogen) atoms. The Morgan fingerprint density at radius 2 is 2.21 bits per heavy atom. The van der Waals surface area contributed by atoms with E-state index in [4.69, 9.17) is 4.74 Å². The molecular formula is C15H18N2O2. The Bertz CT molecular complexity index is 558. The number of rotatable bonds is 3. The maximum atomic E-state index is 12.2. The highest BCUT2D eigenvalue weighted by atomic mass is 16.5. The van der Waals surface area contributed by atoms with Crippen molar-refractivity contribution in [1.29, 1.82) is 0 Å². The van der Waals surface area contributed by atoms with Crippen LogP contribution in [0.1, 0.15) is 29.8 Å². The molecule has 2 N–H and O–H groups in total. The maximum absolute atomic E-state index is 12.2. The number of nitrogens with one attached hydrogen (secondary N) is 2. The number of aromatic amines is 1. The highest BCUT2D eigenvalue weighted by Gasteiger charge is 2.28. The molecule has 1 aromatic heterocycles. The van der Waals surface area contributed by atoms with Crippen molar-refractivity contribution < 1.29 is 9.53 Å². The highest BCUT2D eigenvalue weighted by molar-refractivity contribution is 5.98. The van der Waals surface area contributed by atoms with Crippen LogP contribution in [-0.4, -0.2) is 30.1 Å². The monoisotopic (exact) mass is 258 g/mol. The fraction of sp³-hybridized carbons (Fsp3) is 0.400. The molecule has 1 fully saturated rings. The number of benzene rings is 1. The molecule has 1 heterocycles. The first-order valence-electron chi connectivity index (χ1n) is 6.69. The molecule has 1 saturated carbocycles. The van der Waals surface area contributed by atoms with Gasteiger partial charge >= 0.3 is 0 Å². The zero-order valence-corrected chi connectivity index (χ0v) is 11.0. The van der Waals surface area contributed by atoms with Crippen LogP contribution < -0.4 is 5.32 Å². The maximum Gasteiger partial charge on any atom is 0.268 e. The van der Waals surface area contributed by atoms with Crippen LogP contribution in [0.25, 0.3) is 10.9 Å². The smallest absolute Gasteiger partial charge is 0.268 e. The molecule has 2 unspecified atom stereocenters. The topological polar surface area (TPSA) is 54.1 Å². The fourth-order valence-corrected chi connectivity index (χ4v) is 2.82. The molecule has 4 nitrogen and oxygen atoms in total. The van der Waals surface area contributed by atoms with E-state index in [1.165, 1.54) is 0 Å². The Morgan fingerprint density at radius 1 is 1.37 bits per heavy atom. The van der Waals surface area contributed by atoms with E-state index in [-0.39, 0.29) is 18.1 Å². The molecule has 0 spiro atoms. The minimum Gasteiger partial charge on any atom is -0.379 e. The van der Waals surface area contributed by atoms with Gasteiger partial charge in [-0.1, -0.05) is 18.2 Å². The summed E-state index contributed by atoms with van der Waals surface area (Å²) >= 11 is 0. The molecule has 1 aromatic carbocycles. The van der Waals surface area contributed by atoms with E-state index < -0.39 is 0 Å². The van der Waals surface area contributed by atoms with Gasteiger partial charge in [-0.15, -0.1) is 0 Å². The first kappa shape index (κ1) is 12.2. The molecule has 1 aliphatic rings. The molecule has 2 atom stereocenters. The third-order valence-corrected chi connectivity index (χ3v) is 3.85. The SMILES string of the molecule is COC1CCCC1NC(=O)c1cc2ccccc2[nH]1. The number of ether oxygens (including phenoxy) is 1. The second-order valence-corrected chi connectivity index (χ2v) is 5.06. The van der Waals surface area contributed by atoms with Gasteiger partial charge in [-0.25, -0.2) is 0 Å². The lowest BCUT2D eigenvalue weighted by molar-refractivity contribution is 0.0720. The molecular weight excluding hydrogens is 240 g/mol. The lowest BCUT2D eigenvalue weighted by atomic mass is 10.2. The lowest BCUT2D eigenvalue weighted by Crippen LogP contribution is -2.40. The molecule has 1 amide bonds. The van der Waals surface area contributed by atoms with Gasteiger partial charge in [-0.05, 0) is 31.4 Å². The van der Waals surface area contributed by atoms with Crippen molar-refractivity contribution in [3.05, 3.63) is 36.0 Å². The highest BCUT2D eigenvalue weighted by Crippen LogP contribution is 2.22. The predicted molar refractivity (Wildman–Crippen MR) is 74.2 cm³/mol. The van der Waals surface area contributed by atoms with Crippen molar-refractivity contribution in [2.75, 3.05) is 7.11 Å². The third kappa shape index (κ3) is 2.36.